The van der Waals surface area contributed by atoms with Crippen molar-refractivity contribution in [2.45, 2.75) is 61.8 Å². The molecule has 0 aliphatic heterocycles. The van der Waals surface area contributed by atoms with Crippen LogP contribution in [0.25, 0.3) is 0 Å². The van der Waals surface area contributed by atoms with Crippen LogP contribution in [0.3, 0.4) is 0 Å². The number of benzene rings is 3. The van der Waals surface area contributed by atoms with Crippen molar-refractivity contribution in [2.24, 2.45) is 5.92 Å². The number of rotatable bonds is 7. The number of carbonyl (C=O) groups excluding carboxylic acids is 1. The van der Waals surface area contributed by atoms with Crippen LogP contribution >= 0.6 is 0 Å². The van der Waals surface area contributed by atoms with E-state index in [0.717, 1.165) is 46.4 Å². The minimum Gasteiger partial charge on any atom is -0.486 e. The molecule has 1 fully saturated rings. The van der Waals surface area contributed by atoms with Gasteiger partial charge < -0.3 is 9.47 Å². The predicted octanol–water partition coefficient (Wildman–Crippen LogP) is 5.87. The first kappa shape index (κ1) is 23.6. The standard InChI is InChI=1S/C29H30O5S/c1-4-33-29(30)25-17-24(25)20-11-13-21(14-12-20)34-26-16-15-23-22(26)9-6-10-27(23)35(31,32)28-18(2)7-5-8-19(28)3/h5-14,24-26H,4,15-17H2,1-3H3/t24-,25+,26-/m1/s1. The van der Waals surface area contributed by atoms with Crippen LogP contribution in [0.4, 0.5) is 0 Å². The van der Waals surface area contributed by atoms with E-state index in [4.69, 9.17) is 9.47 Å². The normalized spacial score (nSPS) is 20.8. The molecule has 5 rings (SSSR count). The molecule has 2 aliphatic rings. The number of sulfone groups is 1. The van der Waals surface area contributed by atoms with Gasteiger partial charge in [0.05, 0.1) is 22.3 Å². The highest BCUT2D eigenvalue weighted by Crippen LogP contribution is 2.48. The smallest absolute Gasteiger partial charge is 0.309 e. The second kappa shape index (κ2) is 9.15. The molecule has 0 amide bonds. The van der Waals surface area contributed by atoms with Gasteiger partial charge in [-0.3, -0.25) is 4.79 Å². The van der Waals surface area contributed by atoms with E-state index >= 15 is 0 Å². The summed E-state index contributed by atoms with van der Waals surface area (Å²) in [6.07, 6.45) is 2.01. The Morgan fingerprint density at radius 3 is 2.34 bits per heavy atom. The Labute approximate surface area is 207 Å². The van der Waals surface area contributed by atoms with Crippen molar-refractivity contribution < 1.29 is 22.7 Å². The van der Waals surface area contributed by atoms with Crippen LogP contribution in [0.5, 0.6) is 5.75 Å². The molecule has 1 saturated carbocycles. The summed E-state index contributed by atoms with van der Waals surface area (Å²) in [4.78, 5) is 12.7. The van der Waals surface area contributed by atoms with Crippen LogP contribution in [-0.4, -0.2) is 21.0 Å². The number of ether oxygens (including phenoxy) is 2. The summed E-state index contributed by atoms with van der Waals surface area (Å²) >= 11 is 0. The third-order valence-corrected chi connectivity index (χ3v) is 9.25. The molecular weight excluding hydrogens is 460 g/mol. The summed E-state index contributed by atoms with van der Waals surface area (Å²) in [5, 5.41) is 0. The lowest BCUT2D eigenvalue weighted by Crippen LogP contribution is -2.10. The molecule has 0 saturated heterocycles. The number of esters is 1. The van der Waals surface area contributed by atoms with Crippen molar-refractivity contribution in [2.75, 3.05) is 6.61 Å². The van der Waals surface area contributed by atoms with Gasteiger partial charge in [0.15, 0.2) is 0 Å². The van der Waals surface area contributed by atoms with Crippen LogP contribution in [-0.2, 0) is 25.8 Å². The highest BCUT2D eigenvalue weighted by Gasteiger charge is 2.45. The minimum atomic E-state index is -3.64. The summed E-state index contributed by atoms with van der Waals surface area (Å²) in [5.41, 5.74) is 4.42. The third-order valence-electron chi connectivity index (χ3n) is 7.11. The zero-order valence-corrected chi connectivity index (χ0v) is 21.1. The predicted molar refractivity (Wildman–Crippen MR) is 133 cm³/mol. The van der Waals surface area contributed by atoms with E-state index in [2.05, 4.69) is 0 Å². The largest absolute Gasteiger partial charge is 0.486 e. The molecule has 3 aromatic rings. The lowest BCUT2D eigenvalue weighted by atomic mass is 10.1. The van der Waals surface area contributed by atoms with Crippen LogP contribution < -0.4 is 4.74 Å². The van der Waals surface area contributed by atoms with Crippen molar-refractivity contribution in [3.8, 4) is 5.75 Å². The molecule has 3 aromatic carbocycles. The van der Waals surface area contributed by atoms with E-state index < -0.39 is 9.84 Å². The summed E-state index contributed by atoms with van der Waals surface area (Å²) in [5.74, 6) is 0.795. The molecule has 0 N–H and O–H groups in total. The van der Waals surface area contributed by atoms with E-state index in [-0.39, 0.29) is 23.9 Å². The zero-order chi connectivity index (χ0) is 24.7. The Hall–Kier alpha value is -3.12. The van der Waals surface area contributed by atoms with E-state index in [0.29, 0.717) is 22.8 Å². The van der Waals surface area contributed by atoms with Gasteiger partial charge in [-0.25, -0.2) is 8.42 Å². The zero-order valence-electron chi connectivity index (χ0n) is 20.3. The van der Waals surface area contributed by atoms with Crippen molar-refractivity contribution in [1.82, 2.24) is 0 Å². The van der Waals surface area contributed by atoms with Gasteiger partial charge in [0.25, 0.3) is 0 Å². The highest BCUT2D eigenvalue weighted by atomic mass is 32.2. The van der Waals surface area contributed by atoms with Crippen LogP contribution in [0.15, 0.2) is 70.5 Å². The number of carbonyl (C=O) groups is 1. The van der Waals surface area contributed by atoms with Crippen molar-refractivity contribution in [3.63, 3.8) is 0 Å². The number of hydrogen-bond donors (Lipinski definition) is 0. The van der Waals surface area contributed by atoms with Gasteiger partial charge in [-0.2, -0.15) is 0 Å². The fourth-order valence-corrected chi connectivity index (χ4v) is 7.33. The second-order valence-corrected chi connectivity index (χ2v) is 11.3. The van der Waals surface area contributed by atoms with Crippen molar-refractivity contribution in [3.05, 3.63) is 88.5 Å². The summed E-state index contributed by atoms with van der Waals surface area (Å²) in [6.45, 7) is 5.92. The minimum absolute atomic E-state index is 0.0410. The summed E-state index contributed by atoms with van der Waals surface area (Å²) in [6, 6.07) is 19.0. The second-order valence-electron chi connectivity index (χ2n) is 9.46. The topological polar surface area (TPSA) is 69.7 Å². The molecule has 0 spiro atoms. The van der Waals surface area contributed by atoms with Crippen molar-refractivity contribution >= 4 is 15.8 Å². The van der Waals surface area contributed by atoms with Crippen molar-refractivity contribution in [1.29, 1.82) is 0 Å². The van der Waals surface area contributed by atoms with E-state index in [1.54, 1.807) is 6.07 Å². The highest BCUT2D eigenvalue weighted by molar-refractivity contribution is 7.91. The molecule has 6 heteroatoms. The Morgan fingerprint density at radius 2 is 1.66 bits per heavy atom. The Kier molecular flexibility index (Phi) is 6.18. The molecule has 35 heavy (non-hydrogen) atoms. The van der Waals surface area contributed by atoms with E-state index in [9.17, 15) is 13.2 Å². The van der Waals surface area contributed by atoms with E-state index in [1.807, 2.05) is 75.4 Å². The fraction of sp³-hybridized carbons (Fsp3) is 0.345. The lowest BCUT2D eigenvalue weighted by molar-refractivity contribution is -0.144. The number of aryl methyl sites for hydroxylation is 2. The molecular formula is C29H30O5S. The first-order valence-electron chi connectivity index (χ1n) is 12.2. The average molecular weight is 491 g/mol. The van der Waals surface area contributed by atoms with Crippen LogP contribution in [0, 0.1) is 19.8 Å². The Bertz CT molecular complexity index is 1350. The molecule has 3 atom stereocenters. The first-order chi connectivity index (χ1) is 16.8. The number of fused-ring (bicyclic) bond motifs is 1. The molecule has 0 aromatic heterocycles. The van der Waals surface area contributed by atoms with Crippen LogP contribution in [0.2, 0.25) is 0 Å². The number of hydrogen-bond acceptors (Lipinski definition) is 5. The Balaban J connectivity index is 1.35. The molecule has 0 unspecified atom stereocenters. The molecule has 182 valence electrons. The molecule has 0 bridgehead atoms. The van der Waals surface area contributed by atoms with Gasteiger partial charge in [-0.15, -0.1) is 0 Å². The molecule has 5 nitrogen and oxygen atoms in total. The van der Waals surface area contributed by atoms with Gasteiger partial charge in [0.1, 0.15) is 11.9 Å². The van der Waals surface area contributed by atoms with Gasteiger partial charge in [-0.1, -0.05) is 42.5 Å². The summed E-state index contributed by atoms with van der Waals surface area (Å²) in [7, 11) is -3.64. The van der Waals surface area contributed by atoms with Gasteiger partial charge in [-0.05, 0) is 92.0 Å². The lowest BCUT2D eigenvalue weighted by Gasteiger charge is -2.17. The molecule has 0 heterocycles. The first-order valence-corrected chi connectivity index (χ1v) is 13.7. The average Bonchev–Trinajstić information content (AvgIpc) is 3.54. The third kappa shape index (κ3) is 4.36. The maximum atomic E-state index is 13.6. The molecule has 0 radical (unpaired) electrons. The Morgan fingerprint density at radius 1 is 0.971 bits per heavy atom. The monoisotopic (exact) mass is 490 g/mol. The van der Waals surface area contributed by atoms with E-state index in [1.165, 1.54) is 0 Å². The fourth-order valence-electron chi connectivity index (χ4n) is 5.32. The van der Waals surface area contributed by atoms with Crippen LogP contribution in [0.1, 0.15) is 59.6 Å². The SMILES string of the molecule is CCOC(=O)[C@H]1C[C@@H]1c1ccc(O[C@@H]2CCc3c2cccc3S(=O)(=O)c2c(C)cccc2C)cc1. The quantitative estimate of drug-likeness (QED) is 0.388. The van der Waals surface area contributed by atoms with Gasteiger partial charge in [0.2, 0.25) is 9.84 Å². The maximum Gasteiger partial charge on any atom is 0.309 e. The molecule has 2 aliphatic carbocycles. The van der Waals surface area contributed by atoms with Gasteiger partial charge >= 0.3 is 5.97 Å². The van der Waals surface area contributed by atoms with Gasteiger partial charge in [0, 0.05) is 0 Å². The summed E-state index contributed by atoms with van der Waals surface area (Å²) < 4.78 is 38.7. The maximum absolute atomic E-state index is 13.6.